The summed E-state index contributed by atoms with van der Waals surface area (Å²) in [5.74, 6) is 0.832. The molecule has 2 aromatic rings. The SMILES string of the molecule is CC1(c2ccc3c(c2)OCCO3)NC(=O)N(Cc2ccc(Cl)c(Cl)c2)C1=O. The quantitative estimate of drug-likeness (QED) is 0.788. The zero-order chi connectivity index (χ0) is 19.2. The van der Waals surface area contributed by atoms with Gasteiger partial charge in [-0.3, -0.25) is 9.69 Å². The number of urea groups is 1. The summed E-state index contributed by atoms with van der Waals surface area (Å²) in [7, 11) is 0. The van der Waals surface area contributed by atoms with E-state index in [1.165, 1.54) is 0 Å². The largest absolute Gasteiger partial charge is 0.486 e. The number of hydrogen-bond acceptors (Lipinski definition) is 4. The zero-order valence-electron chi connectivity index (χ0n) is 14.4. The number of benzene rings is 2. The molecule has 0 aliphatic carbocycles. The number of carbonyl (C=O) groups is 2. The molecule has 2 aliphatic rings. The Morgan fingerprint density at radius 3 is 2.52 bits per heavy atom. The lowest BCUT2D eigenvalue weighted by molar-refractivity contribution is -0.131. The summed E-state index contributed by atoms with van der Waals surface area (Å²) >= 11 is 12.0. The van der Waals surface area contributed by atoms with Crippen molar-refractivity contribution in [3.63, 3.8) is 0 Å². The molecule has 27 heavy (non-hydrogen) atoms. The van der Waals surface area contributed by atoms with Crippen LogP contribution in [0.3, 0.4) is 0 Å². The Hall–Kier alpha value is -2.44. The van der Waals surface area contributed by atoms with E-state index in [1.54, 1.807) is 43.3 Å². The minimum absolute atomic E-state index is 0.0989. The number of fused-ring (bicyclic) bond motifs is 1. The molecule has 2 heterocycles. The van der Waals surface area contributed by atoms with Gasteiger partial charge in [0, 0.05) is 0 Å². The molecule has 6 nitrogen and oxygen atoms in total. The maximum atomic E-state index is 13.1. The summed E-state index contributed by atoms with van der Waals surface area (Å²) in [5, 5.41) is 3.57. The fourth-order valence-electron chi connectivity index (χ4n) is 3.21. The molecule has 0 aromatic heterocycles. The molecule has 1 unspecified atom stereocenters. The predicted octanol–water partition coefficient (Wildman–Crippen LogP) is 3.73. The number of ether oxygens (including phenoxy) is 2. The second-order valence-electron chi connectivity index (χ2n) is 6.55. The van der Waals surface area contributed by atoms with Crippen LogP contribution in [-0.2, 0) is 16.9 Å². The molecule has 0 spiro atoms. The molecule has 1 atom stereocenters. The van der Waals surface area contributed by atoms with Gasteiger partial charge in [-0.2, -0.15) is 0 Å². The van der Waals surface area contributed by atoms with Crippen LogP contribution in [0, 0.1) is 0 Å². The van der Waals surface area contributed by atoms with Crippen molar-refractivity contribution in [1.82, 2.24) is 10.2 Å². The Balaban J connectivity index is 1.62. The van der Waals surface area contributed by atoms with Gasteiger partial charge in [-0.15, -0.1) is 0 Å². The van der Waals surface area contributed by atoms with Gasteiger partial charge in [0.2, 0.25) is 0 Å². The number of amides is 3. The number of halogens is 2. The normalized spacial score (nSPS) is 21.4. The summed E-state index contributed by atoms with van der Waals surface area (Å²) in [6, 6.07) is 9.78. The summed E-state index contributed by atoms with van der Waals surface area (Å²) in [6.45, 7) is 2.70. The standard InChI is InChI=1S/C19H16Cl2N2O4/c1-19(12-3-5-15-16(9-12)27-7-6-26-15)17(24)23(18(25)22-19)10-11-2-4-13(20)14(21)8-11/h2-5,8-9H,6-7,10H2,1H3,(H,22,25). The van der Waals surface area contributed by atoms with Crippen molar-refractivity contribution in [2.24, 2.45) is 0 Å². The smallest absolute Gasteiger partial charge is 0.325 e. The molecule has 1 saturated heterocycles. The molecule has 0 radical (unpaired) electrons. The maximum Gasteiger partial charge on any atom is 0.325 e. The summed E-state index contributed by atoms with van der Waals surface area (Å²) in [6.07, 6.45) is 0. The molecular weight excluding hydrogens is 391 g/mol. The van der Waals surface area contributed by atoms with Crippen molar-refractivity contribution in [2.45, 2.75) is 19.0 Å². The van der Waals surface area contributed by atoms with Gasteiger partial charge in [-0.25, -0.2) is 4.79 Å². The summed E-state index contributed by atoms with van der Waals surface area (Å²) in [4.78, 5) is 26.7. The van der Waals surface area contributed by atoms with Crippen LogP contribution in [0.4, 0.5) is 4.79 Å². The average Bonchev–Trinajstić information content (AvgIpc) is 2.88. The van der Waals surface area contributed by atoms with Gasteiger partial charge in [0.25, 0.3) is 5.91 Å². The van der Waals surface area contributed by atoms with Gasteiger partial charge >= 0.3 is 6.03 Å². The number of carbonyl (C=O) groups excluding carboxylic acids is 2. The van der Waals surface area contributed by atoms with Gasteiger partial charge in [0.15, 0.2) is 11.5 Å². The molecule has 2 aromatic carbocycles. The van der Waals surface area contributed by atoms with Gasteiger partial charge in [0.05, 0.1) is 16.6 Å². The van der Waals surface area contributed by atoms with Crippen LogP contribution in [0.5, 0.6) is 11.5 Å². The van der Waals surface area contributed by atoms with Crippen LogP contribution >= 0.6 is 23.2 Å². The van der Waals surface area contributed by atoms with Crippen LogP contribution in [0.2, 0.25) is 10.0 Å². The lowest BCUT2D eigenvalue weighted by Gasteiger charge is -2.25. The predicted molar refractivity (Wildman–Crippen MR) is 100 cm³/mol. The van der Waals surface area contributed by atoms with E-state index in [1.807, 2.05) is 0 Å². The van der Waals surface area contributed by atoms with E-state index in [4.69, 9.17) is 32.7 Å². The highest BCUT2D eigenvalue weighted by atomic mass is 35.5. The Morgan fingerprint density at radius 1 is 1.04 bits per heavy atom. The third kappa shape index (κ3) is 3.09. The summed E-state index contributed by atoms with van der Waals surface area (Å²) < 4.78 is 11.1. The van der Waals surface area contributed by atoms with E-state index >= 15 is 0 Å². The third-order valence-corrected chi connectivity index (χ3v) is 5.46. The van der Waals surface area contributed by atoms with E-state index in [0.717, 1.165) is 4.90 Å². The van der Waals surface area contributed by atoms with Gasteiger partial charge < -0.3 is 14.8 Å². The van der Waals surface area contributed by atoms with Gasteiger partial charge in [-0.1, -0.05) is 35.3 Å². The topological polar surface area (TPSA) is 67.9 Å². The molecule has 4 rings (SSSR count). The van der Waals surface area contributed by atoms with Crippen LogP contribution in [0.25, 0.3) is 0 Å². The Kier molecular flexibility index (Phi) is 4.40. The van der Waals surface area contributed by atoms with Gasteiger partial charge in [0.1, 0.15) is 18.8 Å². The Bertz CT molecular complexity index is 949. The molecule has 1 N–H and O–H groups in total. The third-order valence-electron chi connectivity index (χ3n) is 4.72. The average molecular weight is 407 g/mol. The Morgan fingerprint density at radius 2 is 1.78 bits per heavy atom. The molecule has 8 heteroatoms. The molecule has 1 fully saturated rings. The number of rotatable bonds is 3. The molecule has 0 saturated carbocycles. The molecular formula is C19H16Cl2N2O4. The number of imide groups is 1. The van der Waals surface area contributed by atoms with Crippen molar-refractivity contribution in [3.05, 3.63) is 57.6 Å². The second kappa shape index (κ2) is 6.62. The molecule has 3 amide bonds. The molecule has 0 bridgehead atoms. The second-order valence-corrected chi connectivity index (χ2v) is 7.37. The first kappa shape index (κ1) is 17.9. The maximum absolute atomic E-state index is 13.1. The van der Waals surface area contributed by atoms with Crippen molar-refractivity contribution in [2.75, 3.05) is 13.2 Å². The lowest BCUT2D eigenvalue weighted by atomic mass is 9.91. The number of nitrogens with zero attached hydrogens (tertiary/aromatic N) is 1. The lowest BCUT2D eigenvalue weighted by Crippen LogP contribution is -2.41. The Labute approximate surface area is 165 Å². The van der Waals surface area contributed by atoms with E-state index < -0.39 is 11.6 Å². The first-order chi connectivity index (χ1) is 12.9. The van der Waals surface area contributed by atoms with Crippen molar-refractivity contribution in [1.29, 1.82) is 0 Å². The van der Waals surface area contributed by atoms with Crippen LogP contribution in [0.15, 0.2) is 36.4 Å². The van der Waals surface area contributed by atoms with E-state index in [-0.39, 0.29) is 12.5 Å². The van der Waals surface area contributed by atoms with E-state index in [2.05, 4.69) is 5.32 Å². The van der Waals surface area contributed by atoms with Crippen molar-refractivity contribution >= 4 is 35.1 Å². The fourth-order valence-corrected chi connectivity index (χ4v) is 3.53. The van der Waals surface area contributed by atoms with E-state index in [0.29, 0.717) is 45.9 Å². The highest BCUT2D eigenvalue weighted by Crippen LogP contribution is 2.37. The zero-order valence-corrected chi connectivity index (χ0v) is 15.9. The van der Waals surface area contributed by atoms with Gasteiger partial charge in [-0.05, 0) is 42.3 Å². The molecule has 2 aliphatic heterocycles. The molecule has 140 valence electrons. The van der Waals surface area contributed by atoms with Crippen LogP contribution < -0.4 is 14.8 Å². The minimum atomic E-state index is -1.19. The van der Waals surface area contributed by atoms with Crippen molar-refractivity contribution < 1.29 is 19.1 Å². The van der Waals surface area contributed by atoms with Crippen molar-refractivity contribution in [3.8, 4) is 11.5 Å². The minimum Gasteiger partial charge on any atom is -0.486 e. The first-order valence-corrected chi connectivity index (χ1v) is 9.12. The highest BCUT2D eigenvalue weighted by molar-refractivity contribution is 6.42. The highest BCUT2D eigenvalue weighted by Gasteiger charge is 2.49. The number of hydrogen-bond donors (Lipinski definition) is 1. The number of nitrogens with one attached hydrogen (secondary N) is 1. The first-order valence-electron chi connectivity index (χ1n) is 8.36. The summed E-state index contributed by atoms with van der Waals surface area (Å²) in [5.41, 5.74) is 0.143. The van der Waals surface area contributed by atoms with E-state index in [9.17, 15) is 9.59 Å². The van der Waals surface area contributed by atoms with Crippen LogP contribution in [-0.4, -0.2) is 30.1 Å². The van der Waals surface area contributed by atoms with Crippen LogP contribution in [0.1, 0.15) is 18.1 Å². The fraction of sp³-hybridized carbons (Fsp3) is 0.263. The monoisotopic (exact) mass is 406 g/mol.